The van der Waals surface area contributed by atoms with Gasteiger partial charge in [0, 0.05) is 4.90 Å². The van der Waals surface area contributed by atoms with E-state index in [1.807, 2.05) is 18.2 Å². The summed E-state index contributed by atoms with van der Waals surface area (Å²) >= 11 is 8.44. The molecule has 1 rings (SSSR count). The molecule has 1 aromatic rings. The van der Waals surface area contributed by atoms with Gasteiger partial charge in [-0.3, -0.25) is 0 Å². The van der Waals surface area contributed by atoms with Crippen LogP contribution in [0.1, 0.15) is 5.56 Å². The Morgan fingerprint density at radius 3 is 2.58 bits per heavy atom. The third-order valence-electron chi connectivity index (χ3n) is 1.40. The van der Waals surface area contributed by atoms with Gasteiger partial charge in [-0.05, 0) is 55.8 Å². The molecule has 3 heteroatoms. The molecule has 0 aliphatic rings. The average molecular weight is 308 g/mol. The summed E-state index contributed by atoms with van der Waals surface area (Å²) in [7, 11) is 0. The van der Waals surface area contributed by atoms with Gasteiger partial charge in [-0.25, -0.2) is 0 Å². The fourth-order valence-corrected chi connectivity index (χ4v) is 1.97. The Balaban J connectivity index is 3.05. The summed E-state index contributed by atoms with van der Waals surface area (Å²) in [6, 6.07) is 8.29. The van der Waals surface area contributed by atoms with Crippen molar-refractivity contribution in [3.63, 3.8) is 0 Å². The van der Waals surface area contributed by atoms with E-state index in [-0.39, 0.29) is 0 Å². The first-order chi connectivity index (χ1) is 5.74. The van der Waals surface area contributed by atoms with Crippen molar-refractivity contribution < 1.29 is 0 Å². The van der Waals surface area contributed by atoms with E-state index < -0.39 is 0 Å². The van der Waals surface area contributed by atoms with Crippen LogP contribution in [-0.4, -0.2) is 6.26 Å². The third-order valence-corrected chi connectivity index (χ3v) is 2.67. The van der Waals surface area contributed by atoms with Gasteiger partial charge in [-0.1, -0.05) is 18.2 Å². The second kappa shape index (κ2) is 5.10. The fourth-order valence-electron chi connectivity index (χ4n) is 0.903. The van der Waals surface area contributed by atoms with Crippen LogP contribution in [0, 0.1) is 0 Å². The van der Waals surface area contributed by atoms with Gasteiger partial charge in [0.15, 0.2) is 0 Å². The average Bonchev–Trinajstić information content (AvgIpc) is 2.04. The van der Waals surface area contributed by atoms with Crippen molar-refractivity contribution in [1.82, 2.24) is 0 Å². The lowest BCUT2D eigenvalue weighted by atomic mass is 10.2. The molecule has 12 heavy (non-hydrogen) atoms. The van der Waals surface area contributed by atoms with Crippen LogP contribution < -0.4 is 0 Å². The summed E-state index contributed by atoms with van der Waals surface area (Å²) in [5, 5.41) is 0. The third kappa shape index (κ3) is 2.96. The molecule has 0 radical (unpaired) electrons. The van der Waals surface area contributed by atoms with Gasteiger partial charge in [0.25, 0.3) is 0 Å². The molecule has 0 aliphatic carbocycles. The summed E-state index contributed by atoms with van der Waals surface area (Å²) < 4.78 is 0.969. The monoisotopic (exact) mass is 306 g/mol. The van der Waals surface area contributed by atoms with E-state index in [9.17, 15) is 0 Å². The van der Waals surface area contributed by atoms with E-state index in [4.69, 9.17) is 0 Å². The van der Waals surface area contributed by atoms with Crippen LogP contribution >= 0.6 is 43.6 Å². The van der Waals surface area contributed by atoms with Gasteiger partial charge in [-0.2, -0.15) is 0 Å². The fraction of sp³-hybridized carbons (Fsp3) is 0.111. The van der Waals surface area contributed by atoms with Gasteiger partial charge in [-0.15, -0.1) is 11.8 Å². The summed E-state index contributed by atoms with van der Waals surface area (Å²) in [4.78, 5) is 1.29. The van der Waals surface area contributed by atoms with Gasteiger partial charge in [0.1, 0.15) is 0 Å². The van der Waals surface area contributed by atoms with Gasteiger partial charge in [0.2, 0.25) is 0 Å². The zero-order valence-corrected chi connectivity index (χ0v) is 10.5. The Kier molecular flexibility index (Phi) is 4.40. The Bertz CT molecular complexity index is 290. The van der Waals surface area contributed by atoms with Crippen LogP contribution in [-0.2, 0) is 0 Å². The molecule has 0 unspecified atom stereocenters. The van der Waals surface area contributed by atoms with E-state index in [2.05, 4.69) is 50.2 Å². The maximum atomic E-state index is 3.34. The summed E-state index contributed by atoms with van der Waals surface area (Å²) in [5.41, 5.74) is 1.23. The topological polar surface area (TPSA) is 0 Å². The Hall–Kier alpha value is 0.270. The predicted octanol–water partition coefficient (Wildman–Crippen LogP) is 4.50. The first kappa shape index (κ1) is 10.4. The van der Waals surface area contributed by atoms with Crippen LogP contribution in [0.5, 0.6) is 0 Å². The largest absolute Gasteiger partial charge is 0.129 e. The van der Waals surface area contributed by atoms with E-state index in [1.54, 1.807) is 11.8 Å². The number of hydrogen-bond acceptors (Lipinski definition) is 1. The summed E-state index contributed by atoms with van der Waals surface area (Å²) in [6.07, 6.45) is 4.13. The lowest BCUT2D eigenvalue weighted by Crippen LogP contribution is -1.76. The highest BCUT2D eigenvalue weighted by Crippen LogP contribution is 2.25. The van der Waals surface area contributed by atoms with Crippen molar-refractivity contribution >= 4 is 49.7 Å². The van der Waals surface area contributed by atoms with Crippen molar-refractivity contribution in [2.24, 2.45) is 0 Å². The van der Waals surface area contributed by atoms with E-state index in [0.717, 1.165) is 3.39 Å². The van der Waals surface area contributed by atoms with E-state index in [0.29, 0.717) is 0 Å². The van der Waals surface area contributed by atoms with Crippen LogP contribution in [0.25, 0.3) is 6.08 Å². The highest BCUT2D eigenvalue weighted by atomic mass is 79.9. The number of benzene rings is 1. The molecule has 0 nitrogen and oxygen atoms in total. The second-order valence-electron chi connectivity index (χ2n) is 2.18. The Morgan fingerprint density at radius 2 is 2.00 bits per heavy atom. The van der Waals surface area contributed by atoms with Gasteiger partial charge < -0.3 is 0 Å². The standard InChI is InChI=1S/C9H8Br2S/c1-12-8-5-3-2-4-7(8)6-9(10)11/h2-6H,1H3. The number of thioether (sulfide) groups is 1. The SMILES string of the molecule is CSc1ccccc1C=C(Br)Br. The number of halogens is 2. The van der Waals surface area contributed by atoms with Crippen molar-refractivity contribution in [1.29, 1.82) is 0 Å². The Labute approximate surface area is 93.7 Å². The minimum Gasteiger partial charge on any atom is -0.129 e. The maximum absolute atomic E-state index is 3.34. The molecule has 0 aliphatic heterocycles. The Morgan fingerprint density at radius 1 is 1.33 bits per heavy atom. The molecule has 0 atom stereocenters. The maximum Gasteiger partial charge on any atom is 0.0610 e. The quantitative estimate of drug-likeness (QED) is 0.725. The van der Waals surface area contributed by atoms with Crippen molar-refractivity contribution in [2.75, 3.05) is 6.26 Å². The molecular weight excluding hydrogens is 300 g/mol. The minimum atomic E-state index is 0.969. The molecule has 0 heterocycles. The zero-order valence-electron chi connectivity index (χ0n) is 6.55. The summed E-state index contributed by atoms with van der Waals surface area (Å²) in [5.74, 6) is 0. The highest BCUT2D eigenvalue weighted by molar-refractivity contribution is 9.28. The highest BCUT2D eigenvalue weighted by Gasteiger charge is 1.96. The minimum absolute atomic E-state index is 0.969. The van der Waals surface area contributed by atoms with Crippen molar-refractivity contribution in [2.45, 2.75) is 4.90 Å². The van der Waals surface area contributed by atoms with Crippen LogP contribution in [0.3, 0.4) is 0 Å². The molecule has 0 N–H and O–H groups in total. The smallest absolute Gasteiger partial charge is 0.0610 e. The molecule has 0 saturated carbocycles. The first-order valence-corrected chi connectivity index (χ1v) is 6.21. The summed E-state index contributed by atoms with van der Waals surface area (Å²) in [6.45, 7) is 0. The van der Waals surface area contributed by atoms with E-state index >= 15 is 0 Å². The molecule has 0 saturated heterocycles. The molecule has 0 amide bonds. The van der Waals surface area contributed by atoms with Gasteiger partial charge in [0.05, 0.1) is 3.39 Å². The van der Waals surface area contributed by atoms with Crippen molar-refractivity contribution in [3.8, 4) is 0 Å². The molecule has 0 fully saturated rings. The molecular formula is C9H8Br2S. The van der Waals surface area contributed by atoms with Crippen molar-refractivity contribution in [3.05, 3.63) is 33.2 Å². The molecule has 1 aromatic carbocycles. The first-order valence-electron chi connectivity index (χ1n) is 3.40. The van der Waals surface area contributed by atoms with E-state index in [1.165, 1.54) is 10.5 Å². The lowest BCUT2D eigenvalue weighted by Gasteiger charge is -2.00. The molecule has 64 valence electrons. The molecule has 0 spiro atoms. The van der Waals surface area contributed by atoms with Crippen LogP contribution in [0.4, 0.5) is 0 Å². The van der Waals surface area contributed by atoms with Gasteiger partial charge >= 0.3 is 0 Å². The zero-order chi connectivity index (χ0) is 8.97. The number of hydrogen-bond donors (Lipinski definition) is 0. The lowest BCUT2D eigenvalue weighted by molar-refractivity contribution is 1.43. The van der Waals surface area contributed by atoms with Crippen LogP contribution in [0.2, 0.25) is 0 Å². The number of rotatable bonds is 2. The normalized spacial score (nSPS) is 9.58. The predicted molar refractivity (Wildman–Crippen MR) is 64.1 cm³/mol. The molecule has 0 bridgehead atoms. The molecule has 0 aromatic heterocycles. The van der Waals surface area contributed by atoms with Crippen LogP contribution in [0.15, 0.2) is 32.6 Å². The second-order valence-corrected chi connectivity index (χ2v) is 5.80.